The number of carboxylic acids is 1. The molecule has 0 radical (unpaired) electrons. The van der Waals surface area contributed by atoms with Crippen LogP contribution in [0.1, 0.15) is 11.7 Å². The Morgan fingerprint density at radius 3 is 2.67 bits per heavy atom. The van der Waals surface area contributed by atoms with Gasteiger partial charge in [0.15, 0.2) is 17.7 Å². The van der Waals surface area contributed by atoms with Crippen LogP contribution in [0.4, 0.5) is 4.39 Å². The smallest absolute Gasteiger partial charge is 0.337 e. The quantitative estimate of drug-likeness (QED) is 0.884. The van der Waals surface area contributed by atoms with Crippen LogP contribution in [0.5, 0.6) is 5.75 Å². The SMILES string of the molecule is COc1c(F)cc(Br)cc1C(O)C(=O)O. The standard InChI is InChI=1S/C9H8BrFO4/c1-15-8-5(7(12)9(13)14)2-4(10)3-6(8)11/h2-3,7,12H,1H3,(H,13,14). The topological polar surface area (TPSA) is 66.8 Å². The van der Waals surface area contributed by atoms with E-state index in [-0.39, 0.29) is 11.3 Å². The first-order valence-corrected chi connectivity index (χ1v) is 4.70. The number of aliphatic carboxylic acids is 1. The number of hydrogen-bond donors (Lipinski definition) is 2. The van der Waals surface area contributed by atoms with E-state index in [0.29, 0.717) is 4.47 Å². The summed E-state index contributed by atoms with van der Waals surface area (Å²) in [5, 5.41) is 17.9. The molecule has 0 aliphatic rings. The van der Waals surface area contributed by atoms with Crippen LogP contribution in [0.2, 0.25) is 0 Å². The summed E-state index contributed by atoms with van der Waals surface area (Å²) < 4.78 is 18.3. The number of aliphatic hydroxyl groups excluding tert-OH is 1. The second kappa shape index (κ2) is 4.59. The van der Waals surface area contributed by atoms with Crippen molar-refractivity contribution in [2.24, 2.45) is 0 Å². The maximum atomic E-state index is 13.3. The van der Waals surface area contributed by atoms with Crippen LogP contribution in [0.3, 0.4) is 0 Å². The highest BCUT2D eigenvalue weighted by molar-refractivity contribution is 9.10. The Kier molecular flexibility index (Phi) is 3.65. The fourth-order valence-electron chi connectivity index (χ4n) is 1.13. The third-order valence-corrected chi connectivity index (χ3v) is 2.23. The molecular formula is C9H8BrFO4. The first-order chi connectivity index (χ1) is 6.97. The molecule has 1 aromatic carbocycles. The zero-order valence-electron chi connectivity index (χ0n) is 7.70. The lowest BCUT2D eigenvalue weighted by Gasteiger charge is -2.12. The Labute approximate surface area is 93.4 Å². The van der Waals surface area contributed by atoms with Gasteiger partial charge in [-0.1, -0.05) is 15.9 Å². The zero-order valence-corrected chi connectivity index (χ0v) is 9.28. The average molecular weight is 279 g/mol. The van der Waals surface area contributed by atoms with Gasteiger partial charge < -0.3 is 14.9 Å². The molecule has 0 heterocycles. The van der Waals surface area contributed by atoms with Crippen LogP contribution in [0, 0.1) is 5.82 Å². The van der Waals surface area contributed by atoms with Gasteiger partial charge in [-0.15, -0.1) is 0 Å². The van der Waals surface area contributed by atoms with E-state index in [9.17, 15) is 14.3 Å². The lowest BCUT2D eigenvalue weighted by atomic mass is 10.1. The van der Waals surface area contributed by atoms with Gasteiger partial charge in [0.2, 0.25) is 0 Å². The van der Waals surface area contributed by atoms with Gasteiger partial charge in [0, 0.05) is 10.0 Å². The molecule has 0 saturated carbocycles. The van der Waals surface area contributed by atoms with Gasteiger partial charge in [-0.05, 0) is 12.1 Å². The molecule has 1 atom stereocenters. The molecule has 15 heavy (non-hydrogen) atoms. The van der Waals surface area contributed by atoms with Gasteiger partial charge in [-0.25, -0.2) is 9.18 Å². The van der Waals surface area contributed by atoms with Gasteiger partial charge in [-0.3, -0.25) is 0 Å². The largest absolute Gasteiger partial charge is 0.493 e. The van der Waals surface area contributed by atoms with Crippen molar-refractivity contribution in [1.29, 1.82) is 0 Å². The molecule has 82 valence electrons. The number of carboxylic acid groups (broad SMARTS) is 1. The molecule has 1 aromatic rings. The van der Waals surface area contributed by atoms with E-state index in [0.717, 1.165) is 6.07 Å². The second-order valence-electron chi connectivity index (χ2n) is 2.75. The summed E-state index contributed by atoms with van der Waals surface area (Å²) in [7, 11) is 1.20. The summed E-state index contributed by atoms with van der Waals surface area (Å²) in [6.07, 6.45) is -1.81. The predicted molar refractivity (Wildman–Crippen MR) is 53.2 cm³/mol. The van der Waals surface area contributed by atoms with Crippen molar-refractivity contribution >= 4 is 21.9 Å². The molecule has 0 aromatic heterocycles. The zero-order chi connectivity index (χ0) is 11.6. The Hall–Kier alpha value is -1.14. The fourth-order valence-corrected chi connectivity index (χ4v) is 1.58. The molecule has 0 spiro atoms. The van der Waals surface area contributed by atoms with Crippen LogP contribution in [0.25, 0.3) is 0 Å². The van der Waals surface area contributed by atoms with E-state index in [2.05, 4.69) is 20.7 Å². The first-order valence-electron chi connectivity index (χ1n) is 3.91. The predicted octanol–water partition coefficient (Wildman–Crippen LogP) is 1.71. The molecule has 1 unspecified atom stereocenters. The van der Waals surface area contributed by atoms with Crippen molar-refractivity contribution in [1.82, 2.24) is 0 Å². The van der Waals surface area contributed by atoms with Gasteiger partial charge >= 0.3 is 5.97 Å². The summed E-state index contributed by atoms with van der Waals surface area (Å²) in [5.41, 5.74) is -0.128. The number of hydrogen-bond acceptors (Lipinski definition) is 3. The molecule has 2 N–H and O–H groups in total. The normalized spacial score (nSPS) is 12.3. The van der Waals surface area contributed by atoms with E-state index in [1.54, 1.807) is 0 Å². The van der Waals surface area contributed by atoms with Crippen molar-refractivity contribution in [2.45, 2.75) is 6.10 Å². The third kappa shape index (κ3) is 2.45. The van der Waals surface area contributed by atoms with E-state index in [1.807, 2.05) is 0 Å². The Morgan fingerprint density at radius 1 is 1.60 bits per heavy atom. The van der Waals surface area contributed by atoms with Crippen molar-refractivity contribution in [2.75, 3.05) is 7.11 Å². The summed E-state index contributed by atoms with van der Waals surface area (Å²) >= 11 is 2.99. The maximum Gasteiger partial charge on any atom is 0.337 e. The third-order valence-electron chi connectivity index (χ3n) is 1.77. The van der Waals surface area contributed by atoms with E-state index < -0.39 is 17.9 Å². The number of carbonyl (C=O) groups is 1. The number of methoxy groups -OCH3 is 1. The van der Waals surface area contributed by atoms with Gasteiger partial charge in [0.05, 0.1) is 7.11 Å². The maximum absolute atomic E-state index is 13.3. The summed E-state index contributed by atoms with van der Waals surface area (Å²) in [4.78, 5) is 10.5. The Balaban J connectivity index is 3.32. The molecular weight excluding hydrogens is 271 g/mol. The molecule has 0 aliphatic carbocycles. The minimum Gasteiger partial charge on any atom is -0.493 e. The van der Waals surface area contributed by atoms with Crippen molar-refractivity contribution in [3.05, 3.63) is 28.0 Å². The molecule has 1 rings (SSSR count). The van der Waals surface area contributed by atoms with Crippen LogP contribution in [-0.4, -0.2) is 23.3 Å². The lowest BCUT2D eigenvalue weighted by molar-refractivity contribution is -0.147. The average Bonchev–Trinajstić information content (AvgIpc) is 2.15. The van der Waals surface area contributed by atoms with E-state index in [4.69, 9.17) is 5.11 Å². The van der Waals surface area contributed by atoms with Gasteiger partial charge in [0.1, 0.15) is 0 Å². The molecule has 0 bridgehead atoms. The van der Waals surface area contributed by atoms with E-state index >= 15 is 0 Å². The van der Waals surface area contributed by atoms with Crippen molar-refractivity contribution in [3.63, 3.8) is 0 Å². The Morgan fingerprint density at radius 2 is 2.20 bits per heavy atom. The lowest BCUT2D eigenvalue weighted by Crippen LogP contribution is -2.12. The molecule has 0 fully saturated rings. The van der Waals surface area contributed by atoms with Crippen molar-refractivity contribution < 1.29 is 24.1 Å². The summed E-state index contributed by atoms with van der Waals surface area (Å²) in [6, 6.07) is 2.41. The molecule has 0 saturated heterocycles. The summed E-state index contributed by atoms with van der Waals surface area (Å²) in [6.45, 7) is 0. The monoisotopic (exact) mass is 278 g/mol. The number of halogens is 2. The highest BCUT2D eigenvalue weighted by Gasteiger charge is 2.23. The molecule has 0 aliphatic heterocycles. The van der Waals surface area contributed by atoms with Gasteiger partial charge in [-0.2, -0.15) is 0 Å². The highest BCUT2D eigenvalue weighted by Crippen LogP contribution is 2.31. The van der Waals surface area contributed by atoms with Crippen LogP contribution < -0.4 is 4.74 Å². The van der Waals surface area contributed by atoms with Crippen LogP contribution in [0.15, 0.2) is 16.6 Å². The van der Waals surface area contributed by atoms with Gasteiger partial charge in [0.25, 0.3) is 0 Å². The minimum absolute atomic E-state index is 0.128. The number of aliphatic hydroxyl groups is 1. The number of ether oxygens (including phenoxy) is 1. The second-order valence-corrected chi connectivity index (χ2v) is 3.67. The van der Waals surface area contributed by atoms with Crippen LogP contribution >= 0.6 is 15.9 Å². The van der Waals surface area contributed by atoms with Crippen LogP contribution in [-0.2, 0) is 4.79 Å². The van der Waals surface area contributed by atoms with E-state index in [1.165, 1.54) is 13.2 Å². The molecule has 4 nitrogen and oxygen atoms in total. The number of rotatable bonds is 3. The fraction of sp³-hybridized carbons (Fsp3) is 0.222. The molecule has 6 heteroatoms. The minimum atomic E-state index is -1.81. The highest BCUT2D eigenvalue weighted by atomic mass is 79.9. The van der Waals surface area contributed by atoms with Crippen molar-refractivity contribution in [3.8, 4) is 5.75 Å². The summed E-state index contributed by atoms with van der Waals surface area (Å²) in [5.74, 6) is -2.47. The number of benzene rings is 1. The Bertz CT molecular complexity index is 394. The molecule has 0 amide bonds. The first kappa shape index (κ1) is 11.9.